The summed E-state index contributed by atoms with van der Waals surface area (Å²) in [7, 11) is 0. The summed E-state index contributed by atoms with van der Waals surface area (Å²) in [6.07, 6.45) is 2.07. The molecule has 0 radical (unpaired) electrons. The number of rotatable bonds is 4. The lowest BCUT2D eigenvalue weighted by atomic mass is 10.1. The van der Waals surface area contributed by atoms with Gasteiger partial charge >= 0.3 is 0 Å². The topological polar surface area (TPSA) is 33.0 Å². The van der Waals surface area contributed by atoms with Gasteiger partial charge in [0.25, 0.3) is 0 Å². The van der Waals surface area contributed by atoms with Gasteiger partial charge in [0.1, 0.15) is 11.8 Å². The largest absolute Gasteiger partial charge is 0.492 e. The molecule has 1 aromatic carbocycles. The van der Waals surface area contributed by atoms with E-state index in [4.69, 9.17) is 21.6 Å². The van der Waals surface area contributed by atoms with Crippen LogP contribution in [0.3, 0.4) is 0 Å². The Bertz CT molecular complexity index is 382. The van der Waals surface area contributed by atoms with Gasteiger partial charge in [-0.1, -0.05) is 24.9 Å². The van der Waals surface area contributed by atoms with Crippen molar-refractivity contribution in [2.45, 2.75) is 26.7 Å². The van der Waals surface area contributed by atoms with E-state index in [0.29, 0.717) is 22.9 Å². The third-order valence-corrected chi connectivity index (χ3v) is 2.32. The molecule has 1 rings (SSSR count). The summed E-state index contributed by atoms with van der Waals surface area (Å²) in [5, 5.41) is 9.51. The smallest absolute Gasteiger partial charge is 0.140 e. The van der Waals surface area contributed by atoms with Gasteiger partial charge in [-0.05, 0) is 31.0 Å². The second-order valence-corrected chi connectivity index (χ2v) is 3.85. The molecule has 0 aliphatic rings. The second kappa shape index (κ2) is 5.63. The quantitative estimate of drug-likeness (QED) is 0.730. The fourth-order valence-electron chi connectivity index (χ4n) is 1.32. The molecule has 0 saturated carbocycles. The highest BCUT2D eigenvalue weighted by Crippen LogP contribution is 2.27. The molecule has 0 aliphatic carbocycles. The number of hydrogen-bond acceptors (Lipinski definition) is 2. The van der Waals surface area contributed by atoms with E-state index in [9.17, 15) is 0 Å². The minimum absolute atomic E-state index is 0.510. The third-order valence-electron chi connectivity index (χ3n) is 2.10. The Labute approximate surface area is 95.4 Å². The summed E-state index contributed by atoms with van der Waals surface area (Å²) in [4.78, 5) is 0. The first-order valence-electron chi connectivity index (χ1n) is 5.02. The number of nitriles is 1. The van der Waals surface area contributed by atoms with Gasteiger partial charge in [0, 0.05) is 5.02 Å². The number of benzene rings is 1. The molecule has 3 heteroatoms. The van der Waals surface area contributed by atoms with Crippen LogP contribution in [0.2, 0.25) is 5.02 Å². The fraction of sp³-hybridized carbons (Fsp3) is 0.417. The lowest BCUT2D eigenvalue weighted by Crippen LogP contribution is -2.00. The SMILES string of the molecule is CCCCOc1c(C)cc(Cl)cc1C#N. The van der Waals surface area contributed by atoms with Crippen molar-refractivity contribution in [1.29, 1.82) is 5.26 Å². The Morgan fingerprint density at radius 3 is 2.80 bits per heavy atom. The van der Waals surface area contributed by atoms with E-state index in [-0.39, 0.29) is 0 Å². The van der Waals surface area contributed by atoms with E-state index < -0.39 is 0 Å². The second-order valence-electron chi connectivity index (χ2n) is 3.41. The summed E-state index contributed by atoms with van der Waals surface area (Å²) in [6.45, 7) is 4.64. The first-order valence-corrected chi connectivity index (χ1v) is 5.40. The van der Waals surface area contributed by atoms with Crippen LogP contribution in [0.1, 0.15) is 30.9 Å². The zero-order chi connectivity index (χ0) is 11.3. The van der Waals surface area contributed by atoms with E-state index in [1.54, 1.807) is 6.07 Å². The predicted octanol–water partition coefficient (Wildman–Crippen LogP) is 3.70. The Balaban J connectivity index is 2.90. The summed E-state index contributed by atoms with van der Waals surface area (Å²) >= 11 is 5.86. The maximum Gasteiger partial charge on any atom is 0.140 e. The van der Waals surface area contributed by atoms with E-state index in [2.05, 4.69) is 13.0 Å². The average molecular weight is 224 g/mol. The number of halogens is 1. The van der Waals surface area contributed by atoms with Crippen LogP contribution >= 0.6 is 11.6 Å². The molecule has 0 fully saturated rings. The van der Waals surface area contributed by atoms with Gasteiger partial charge in [0.05, 0.1) is 12.2 Å². The monoisotopic (exact) mass is 223 g/mol. The van der Waals surface area contributed by atoms with Crippen LogP contribution in [0.4, 0.5) is 0 Å². The molecule has 0 spiro atoms. The fourth-order valence-corrected chi connectivity index (χ4v) is 1.60. The molecule has 0 heterocycles. The van der Waals surface area contributed by atoms with Crippen molar-refractivity contribution in [2.75, 3.05) is 6.61 Å². The lowest BCUT2D eigenvalue weighted by molar-refractivity contribution is 0.306. The standard InChI is InChI=1S/C12H14ClNO/c1-3-4-5-15-12-9(2)6-11(13)7-10(12)8-14/h6-7H,3-5H2,1-2H3. The van der Waals surface area contributed by atoms with E-state index in [0.717, 1.165) is 18.4 Å². The van der Waals surface area contributed by atoms with E-state index in [1.807, 2.05) is 13.0 Å². The van der Waals surface area contributed by atoms with Crippen LogP contribution < -0.4 is 4.74 Å². The number of hydrogen-bond donors (Lipinski definition) is 0. The highest BCUT2D eigenvalue weighted by molar-refractivity contribution is 6.30. The molecule has 0 amide bonds. The summed E-state index contributed by atoms with van der Waals surface area (Å²) in [5.41, 5.74) is 1.42. The van der Waals surface area contributed by atoms with Gasteiger partial charge in [-0.15, -0.1) is 0 Å². The molecule has 80 valence electrons. The molecule has 15 heavy (non-hydrogen) atoms. The van der Waals surface area contributed by atoms with Gasteiger partial charge in [0.2, 0.25) is 0 Å². The van der Waals surface area contributed by atoms with Crippen molar-refractivity contribution in [1.82, 2.24) is 0 Å². The highest BCUT2D eigenvalue weighted by Gasteiger charge is 2.08. The molecule has 0 atom stereocenters. The van der Waals surface area contributed by atoms with Crippen LogP contribution in [0.5, 0.6) is 5.75 Å². The molecule has 2 nitrogen and oxygen atoms in total. The molecule has 0 aromatic heterocycles. The molecule has 0 bridgehead atoms. The van der Waals surface area contributed by atoms with Gasteiger partial charge in [-0.3, -0.25) is 0 Å². The minimum Gasteiger partial charge on any atom is -0.492 e. The maximum atomic E-state index is 8.94. The molecule has 0 saturated heterocycles. The van der Waals surface area contributed by atoms with Gasteiger partial charge in [-0.25, -0.2) is 0 Å². The Morgan fingerprint density at radius 1 is 1.47 bits per heavy atom. The summed E-state index contributed by atoms with van der Waals surface area (Å²) < 4.78 is 5.57. The van der Waals surface area contributed by atoms with Crippen LogP contribution in [0.15, 0.2) is 12.1 Å². The zero-order valence-corrected chi connectivity index (χ0v) is 9.77. The summed E-state index contributed by atoms with van der Waals surface area (Å²) in [5.74, 6) is 0.662. The molecular weight excluding hydrogens is 210 g/mol. The van der Waals surface area contributed by atoms with Crippen LogP contribution in [-0.4, -0.2) is 6.61 Å². The van der Waals surface area contributed by atoms with Crippen molar-refractivity contribution >= 4 is 11.6 Å². The normalized spacial score (nSPS) is 9.73. The highest BCUT2D eigenvalue weighted by atomic mass is 35.5. The molecule has 1 aromatic rings. The van der Waals surface area contributed by atoms with Crippen molar-refractivity contribution in [3.8, 4) is 11.8 Å². The zero-order valence-electron chi connectivity index (χ0n) is 9.01. The van der Waals surface area contributed by atoms with E-state index in [1.165, 1.54) is 0 Å². The van der Waals surface area contributed by atoms with Crippen LogP contribution in [0, 0.1) is 18.3 Å². The number of unbranched alkanes of at least 4 members (excludes halogenated alkanes) is 1. The van der Waals surface area contributed by atoms with Crippen molar-refractivity contribution in [3.63, 3.8) is 0 Å². The maximum absolute atomic E-state index is 8.94. The lowest BCUT2D eigenvalue weighted by Gasteiger charge is -2.10. The van der Waals surface area contributed by atoms with Gasteiger partial charge < -0.3 is 4.74 Å². The average Bonchev–Trinajstić information content (AvgIpc) is 2.20. The van der Waals surface area contributed by atoms with Crippen molar-refractivity contribution in [2.24, 2.45) is 0 Å². The van der Waals surface area contributed by atoms with Crippen molar-refractivity contribution < 1.29 is 4.74 Å². The van der Waals surface area contributed by atoms with Crippen molar-refractivity contribution in [3.05, 3.63) is 28.3 Å². The van der Waals surface area contributed by atoms with Crippen LogP contribution in [-0.2, 0) is 0 Å². The summed E-state index contributed by atoms with van der Waals surface area (Å²) in [6, 6.07) is 5.54. The van der Waals surface area contributed by atoms with Gasteiger partial charge in [0.15, 0.2) is 0 Å². The van der Waals surface area contributed by atoms with Crippen LogP contribution in [0.25, 0.3) is 0 Å². The van der Waals surface area contributed by atoms with Gasteiger partial charge in [-0.2, -0.15) is 5.26 Å². The number of nitrogens with zero attached hydrogens (tertiary/aromatic N) is 1. The Kier molecular flexibility index (Phi) is 4.45. The number of aryl methyl sites for hydroxylation is 1. The first-order chi connectivity index (χ1) is 7.19. The molecule has 0 aliphatic heterocycles. The predicted molar refractivity (Wildman–Crippen MR) is 61.3 cm³/mol. The molecule has 0 N–H and O–H groups in total. The van der Waals surface area contributed by atoms with E-state index >= 15 is 0 Å². The minimum atomic E-state index is 0.510. The Morgan fingerprint density at radius 2 is 2.20 bits per heavy atom. The number of ether oxygens (including phenoxy) is 1. The molecule has 0 unspecified atom stereocenters. The Hall–Kier alpha value is -1.20. The molecular formula is C12H14ClNO. The third kappa shape index (κ3) is 3.14. The first kappa shape index (κ1) is 11.9.